The summed E-state index contributed by atoms with van der Waals surface area (Å²) in [6.07, 6.45) is 0.263. The van der Waals surface area contributed by atoms with E-state index in [1.807, 2.05) is 0 Å². The van der Waals surface area contributed by atoms with E-state index in [0.29, 0.717) is 18.0 Å². The molecule has 1 saturated heterocycles. The Morgan fingerprint density at radius 3 is 2.45 bits per heavy atom. The number of urea groups is 1. The highest BCUT2D eigenvalue weighted by Crippen LogP contribution is 2.26. The van der Waals surface area contributed by atoms with Crippen LogP contribution in [0.1, 0.15) is 6.42 Å². The van der Waals surface area contributed by atoms with Crippen molar-refractivity contribution >= 4 is 17.6 Å². The molecule has 0 unspecified atom stereocenters. The molecule has 5 nitrogen and oxygen atoms in total. The number of nitrogens with zero attached hydrogens (tertiary/aromatic N) is 1. The van der Waals surface area contributed by atoms with Crippen LogP contribution in [0.15, 0.2) is 48.5 Å². The van der Waals surface area contributed by atoms with Crippen LogP contribution in [-0.2, 0) is 4.79 Å². The van der Waals surface area contributed by atoms with Gasteiger partial charge in [-0.3, -0.25) is 15.0 Å². The van der Waals surface area contributed by atoms with E-state index in [4.69, 9.17) is 4.74 Å². The third-order valence-corrected chi connectivity index (χ3v) is 3.27. The van der Waals surface area contributed by atoms with Crippen molar-refractivity contribution in [2.75, 3.05) is 11.4 Å². The van der Waals surface area contributed by atoms with Crippen LogP contribution in [0.2, 0.25) is 0 Å². The molecule has 1 aliphatic rings. The van der Waals surface area contributed by atoms with Crippen LogP contribution in [0.3, 0.4) is 0 Å². The first-order valence-corrected chi connectivity index (χ1v) is 6.77. The van der Waals surface area contributed by atoms with Crippen LogP contribution in [0.25, 0.3) is 0 Å². The van der Waals surface area contributed by atoms with Gasteiger partial charge in [0.1, 0.15) is 5.75 Å². The van der Waals surface area contributed by atoms with Crippen LogP contribution in [0.4, 0.5) is 14.9 Å². The monoisotopic (exact) mass is 300 g/mol. The number of benzene rings is 2. The molecule has 0 aliphatic carbocycles. The molecule has 112 valence electrons. The molecule has 22 heavy (non-hydrogen) atoms. The lowest BCUT2D eigenvalue weighted by atomic mass is 10.2. The Balaban J connectivity index is 1.74. The second-order valence-corrected chi connectivity index (χ2v) is 4.78. The molecule has 1 aliphatic heterocycles. The number of imide groups is 1. The Hall–Kier alpha value is -2.89. The van der Waals surface area contributed by atoms with Crippen molar-refractivity contribution in [3.05, 3.63) is 54.3 Å². The zero-order chi connectivity index (χ0) is 15.5. The summed E-state index contributed by atoms with van der Waals surface area (Å²) in [4.78, 5) is 24.3. The van der Waals surface area contributed by atoms with Gasteiger partial charge in [0.05, 0.1) is 0 Å². The predicted molar refractivity (Wildman–Crippen MR) is 78.4 cm³/mol. The predicted octanol–water partition coefficient (Wildman–Crippen LogP) is 3.06. The number of carbonyl (C=O) groups excluding carboxylic acids is 2. The van der Waals surface area contributed by atoms with Gasteiger partial charge in [0.25, 0.3) is 0 Å². The van der Waals surface area contributed by atoms with Crippen molar-refractivity contribution in [3.63, 3.8) is 0 Å². The van der Waals surface area contributed by atoms with Crippen molar-refractivity contribution in [3.8, 4) is 11.5 Å². The number of halogens is 1. The van der Waals surface area contributed by atoms with Gasteiger partial charge in [-0.05, 0) is 36.4 Å². The molecular weight excluding hydrogens is 287 g/mol. The largest absolute Gasteiger partial charge is 0.454 e. The molecule has 2 aromatic carbocycles. The molecule has 3 amide bonds. The van der Waals surface area contributed by atoms with E-state index >= 15 is 0 Å². The third-order valence-electron chi connectivity index (χ3n) is 3.27. The fourth-order valence-corrected chi connectivity index (χ4v) is 2.16. The average Bonchev–Trinajstić information content (AvgIpc) is 2.51. The summed E-state index contributed by atoms with van der Waals surface area (Å²) in [6.45, 7) is 0.332. The van der Waals surface area contributed by atoms with E-state index in [9.17, 15) is 14.0 Å². The molecule has 1 heterocycles. The standard InChI is InChI=1S/C16H13FN2O3/c17-13-3-1-2-4-14(13)22-12-7-5-11(6-8-12)19-10-9-15(20)18-16(19)21/h1-8H,9-10H2,(H,18,20,21). The molecular formula is C16H13FN2O3. The van der Waals surface area contributed by atoms with Gasteiger partial charge in [0.15, 0.2) is 11.6 Å². The Morgan fingerprint density at radius 2 is 1.77 bits per heavy atom. The first kappa shape index (κ1) is 14.1. The summed E-state index contributed by atoms with van der Waals surface area (Å²) >= 11 is 0. The minimum absolute atomic E-state index is 0.136. The van der Waals surface area contributed by atoms with Gasteiger partial charge in [0, 0.05) is 18.7 Å². The van der Waals surface area contributed by atoms with E-state index in [0.717, 1.165) is 0 Å². The number of amides is 3. The fourth-order valence-electron chi connectivity index (χ4n) is 2.16. The molecule has 3 rings (SSSR count). The smallest absolute Gasteiger partial charge is 0.328 e. The fraction of sp³-hybridized carbons (Fsp3) is 0.125. The normalized spacial score (nSPS) is 14.7. The maximum atomic E-state index is 13.5. The summed E-state index contributed by atoms with van der Waals surface area (Å²) in [5, 5.41) is 2.26. The van der Waals surface area contributed by atoms with E-state index in [1.54, 1.807) is 36.4 Å². The molecule has 6 heteroatoms. The number of para-hydroxylation sites is 1. The van der Waals surface area contributed by atoms with Crippen molar-refractivity contribution < 1.29 is 18.7 Å². The zero-order valence-electron chi connectivity index (χ0n) is 11.6. The van der Waals surface area contributed by atoms with E-state index in [2.05, 4.69) is 5.32 Å². The van der Waals surface area contributed by atoms with Crippen LogP contribution in [0, 0.1) is 5.82 Å². The van der Waals surface area contributed by atoms with Crippen molar-refractivity contribution in [1.29, 1.82) is 0 Å². The Morgan fingerprint density at radius 1 is 1.05 bits per heavy atom. The lowest BCUT2D eigenvalue weighted by Crippen LogP contribution is -2.49. The van der Waals surface area contributed by atoms with Gasteiger partial charge < -0.3 is 4.74 Å². The van der Waals surface area contributed by atoms with Crippen LogP contribution >= 0.6 is 0 Å². The molecule has 2 aromatic rings. The van der Waals surface area contributed by atoms with E-state index < -0.39 is 11.8 Å². The van der Waals surface area contributed by atoms with Crippen molar-refractivity contribution in [2.45, 2.75) is 6.42 Å². The highest BCUT2D eigenvalue weighted by Gasteiger charge is 2.23. The van der Waals surface area contributed by atoms with Crippen LogP contribution in [-0.4, -0.2) is 18.5 Å². The van der Waals surface area contributed by atoms with Gasteiger partial charge in [0.2, 0.25) is 5.91 Å². The quantitative estimate of drug-likeness (QED) is 0.947. The van der Waals surface area contributed by atoms with Crippen LogP contribution < -0.4 is 15.0 Å². The van der Waals surface area contributed by atoms with Crippen LogP contribution in [0.5, 0.6) is 11.5 Å². The first-order valence-electron chi connectivity index (χ1n) is 6.77. The molecule has 0 spiro atoms. The van der Waals surface area contributed by atoms with E-state index in [-0.39, 0.29) is 18.1 Å². The van der Waals surface area contributed by atoms with Crippen molar-refractivity contribution in [1.82, 2.24) is 5.32 Å². The summed E-state index contributed by atoms with van der Waals surface area (Å²) < 4.78 is 19.0. The number of ether oxygens (including phenoxy) is 1. The molecule has 0 radical (unpaired) electrons. The van der Waals surface area contributed by atoms with E-state index in [1.165, 1.54) is 17.0 Å². The Labute approximate surface area is 126 Å². The highest BCUT2D eigenvalue weighted by molar-refractivity contribution is 6.05. The van der Waals surface area contributed by atoms with Gasteiger partial charge >= 0.3 is 6.03 Å². The Bertz CT molecular complexity index is 716. The molecule has 1 fully saturated rings. The molecule has 1 N–H and O–H groups in total. The number of hydrogen-bond donors (Lipinski definition) is 1. The SMILES string of the molecule is O=C1CCN(c2ccc(Oc3ccccc3F)cc2)C(=O)N1. The topological polar surface area (TPSA) is 58.6 Å². The molecule has 0 atom stereocenters. The summed E-state index contributed by atoms with van der Waals surface area (Å²) in [6, 6.07) is 12.3. The first-order chi connectivity index (χ1) is 10.6. The summed E-state index contributed by atoms with van der Waals surface area (Å²) in [7, 11) is 0. The zero-order valence-corrected chi connectivity index (χ0v) is 11.6. The highest BCUT2D eigenvalue weighted by atomic mass is 19.1. The lowest BCUT2D eigenvalue weighted by Gasteiger charge is -2.26. The Kier molecular flexibility index (Phi) is 3.74. The van der Waals surface area contributed by atoms with Gasteiger partial charge in [-0.2, -0.15) is 0 Å². The second-order valence-electron chi connectivity index (χ2n) is 4.78. The number of hydrogen-bond acceptors (Lipinski definition) is 3. The minimum atomic E-state index is -0.445. The molecule has 0 aromatic heterocycles. The van der Waals surface area contributed by atoms with Crippen molar-refractivity contribution in [2.24, 2.45) is 0 Å². The second kappa shape index (κ2) is 5.85. The van der Waals surface area contributed by atoms with Gasteiger partial charge in [-0.15, -0.1) is 0 Å². The number of carbonyl (C=O) groups is 2. The third kappa shape index (κ3) is 2.90. The molecule has 0 saturated carbocycles. The lowest BCUT2D eigenvalue weighted by molar-refractivity contribution is -0.120. The average molecular weight is 300 g/mol. The number of nitrogens with one attached hydrogen (secondary N) is 1. The molecule has 0 bridgehead atoms. The maximum Gasteiger partial charge on any atom is 0.328 e. The summed E-state index contributed by atoms with van der Waals surface area (Å²) in [5.74, 6) is -0.125. The number of rotatable bonds is 3. The summed E-state index contributed by atoms with van der Waals surface area (Å²) in [5.41, 5.74) is 0.644. The minimum Gasteiger partial charge on any atom is -0.454 e. The van der Waals surface area contributed by atoms with Gasteiger partial charge in [-0.1, -0.05) is 12.1 Å². The van der Waals surface area contributed by atoms with Gasteiger partial charge in [-0.25, -0.2) is 9.18 Å². The maximum absolute atomic E-state index is 13.5. The number of anilines is 1.